The summed E-state index contributed by atoms with van der Waals surface area (Å²) in [4.78, 5) is 14.4. The number of rotatable bonds is 4. The molecule has 1 N–H and O–H groups in total. The van der Waals surface area contributed by atoms with E-state index in [1.807, 2.05) is 0 Å². The highest BCUT2D eigenvalue weighted by atomic mass is 79.9. The predicted octanol–water partition coefficient (Wildman–Crippen LogP) is 2.24. The van der Waals surface area contributed by atoms with Crippen LogP contribution in [0.4, 0.5) is 17.3 Å². The first-order valence-corrected chi connectivity index (χ1v) is 5.95. The molecule has 0 aliphatic carbocycles. The largest absolute Gasteiger partial charge is 0.481 e. The van der Waals surface area contributed by atoms with Gasteiger partial charge in [0.25, 0.3) is 0 Å². The van der Waals surface area contributed by atoms with Crippen molar-refractivity contribution in [3.8, 4) is 5.88 Å². The summed E-state index contributed by atoms with van der Waals surface area (Å²) in [6.45, 7) is 0. The Morgan fingerprint density at radius 1 is 1.53 bits per heavy atom. The van der Waals surface area contributed by atoms with Crippen LogP contribution in [0.3, 0.4) is 0 Å². The van der Waals surface area contributed by atoms with E-state index in [1.54, 1.807) is 13.1 Å². The molecule has 2 aromatic heterocycles. The summed E-state index contributed by atoms with van der Waals surface area (Å²) in [7, 11) is 3.22. The minimum Gasteiger partial charge on any atom is -0.481 e. The van der Waals surface area contributed by atoms with Crippen LogP contribution in [-0.2, 0) is 7.05 Å². The molecule has 0 radical (unpaired) electrons. The Kier molecular flexibility index (Phi) is 3.65. The van der Waals surface area contributed by atoms with E-state index in [1.165, 1.54) is 24.1 Å². The lowest BCUT2D eigenvalue weighted by atomic mass is 10.4. The number of methoxy groups -OCH3 is 1. The lowest BCUT2D eigenvalue weighted by Crippen LogP contribution is -2.00. The fourth-order valence-electron chi connectivity index (χ4n) is 1.49. The first-order chi connectivity index (χ1) is 9.01. The van der Waals surface area contributed by atoms with Gasteiger partial charge >= 0.3 is 5.69 Å². The number of nitro groups is 1. The average Bonchev–Trinajstić information content (AvgIpc) is 2.71. The second-order valence-corrected chi connectivity index (χ2v) is 4.51. The van der Waals surface area contributed by atoms with E-state index >= 15 is 0 Å². The number of pyridine rings is 1. The van der Waals surface area contributed by atoms with Crippen LogP contribution in [0.2, 0.25) is 0 Å². The molecule has 0 amide bonds. The first-order valence-electron chi connectivity index (χ1n) is 5.16. The van der Waals surface area contributed by atoms with Crippen LogP contribution in [0.5, 0.6) is 5.88 Å². The van der Waals surface area contributed by atoms with Crippen LogP contribution in [0, 0.1) is 10.1 Å². The lowest BCUT2D eigenvalue weighted by molar-refractivity contribution is -0.384. The Morgan fingerprint density at radius 3 is 2.84 bits per heavy atom. The fourth-order valence-corrected chi connectivity index (χ4v) is 1.81. The zero-order valence-electron chi connectivity index (χ0n) is 10.1. The molecule has 0 spiro atoms. The zero-order chi connectivity index (χ0) is 14.0. The van der Waals surface area contributed by atoms with Crippen LogP contribution in [0.1, 0.15) is 0 Å². The third kappa shape index (κ3) is 2.81. The third-order valence-corrected chi connectivity index (χ3v) is 2.76. The Bertz CT molecular complexity index is 628. The van der Waals surface area contributed by atoms with Gasteiger partial charge in [-0.3, -0.25) is 10.1 Å². The van der Waals surface area contributed by atoms with Gasteiger partial charge in [-0.2, -0.15) is 5.10 Å². The molecule has 2 aromatic rings. The van der Waals surface area contributed by atoms with E-state index in [4.69, 9.17) is 4.74 Å². The second-order valence-electron chi connectivity index (χ2n) is 3.60. The quantitative estimate of drug-likeness (QED) is 0.683. The Balaban J connectivity index is 2.34. The van der Waals surface area contributed by atoms with Gasteiger partial charge in [0.15, 0.2) is 5.82 Å². The minimum atomic E-state index is -0.514. The second kappa shape index (κ2) is 5.22. The zero-order valence-corrected chi connectivity index (χ0v) is 11.7. The summed E-state index contributed by atoms with van der Waals surface area (Å²) in [5.74, 6) is 1.06. The predicted molar refractivity (Wildman–Crippen MR) is 71.6 cm³/mol. The molecule has 0 fully saturated rings. The van der Waals surface area contributed by atoms with E-state index in [0.29, 0.717) is 16.2 Å². The van der Waals surface area contributed by atoms with Gasteiger partial charge in [-0.25, -0.2) is 9.67 Å². The van der Waals surface area contributed by atoms with Gasteiger partial charge in [0.05, 0.1) is 12.0 Å². The van der Waals surface area contributed by atoms with Crippen LogP contribution in [0.25, 0.3) is 0 Å². The van der Waals surface area contributed by atoms with Gasteiger partial charge in [-0.1, -0.05) is 0 Å². The SMILES string of the molecule is COc1cc(Nc2ncc(Br)cc2[N+](=O)[O-])nn1C. The standard InChI is InChI=1S/C10H10BrN5O3/c1-15-9(19-2)4-8(14-15)13-10-7(16(17)18)3-6(11)5-12-10/h3-5H,1-2H3,(H,12,13,14). The Labute approximate surface area is 116 Å². The smallest absolute Gasteiger partial charge is 0.312 e. The normalized spacial score (nSPS) is 10.3. The summed E-state index contributed by atoms with van der Waals surface area (Å²) < 4.78 is 7.10. The molecule has 0 aliphatic heterocycles. The molecule has 19 heavy (non-hydrogen) atoms. The summed E-state index contributed by atoms with van der Waals surface area (Å²) in [6.07, 6.45) is 1.47. The number of aromatic nitrogens is 3. The van der Waals surface area contributed by atoms with Crippen LogP contribution < -0.4 is 10.1 Å². The summed E-state index contributed by atoms with van der Waals surface area (Å²) in [5.41, 5.74) is -0.140. The van der Waals surface area contributed by atoms with Crippen molar-refractivity contribution in [3.05, 3.63) is 32.9 Å². The molecule has 100 valence electrons. The molecule has 0 saturated carbocycles. The highest BCUT2D eigenvalue weighted by Crippen LogP contribution is 2.28. The van der Waals surface area contributed by atoms with Gasteiger partial charge in [-0.15, -0.1) is 0 Å². The van der Waals surface area contributed by atoms with Crippen LogP contribution in [-0.4, -0.2) is 26.8 Å². The molecule has 9 heteroatoms. The number of anilines is 2. The molecule has 0 unspecified atom stereocenters. The molecular formula is C10H10BrN5O3. The minimum absolute atomic E-state index is 0.119. The Morgan fingerprint density at radius 2 is 2.26 bits per heavy atom. The maximum atomic E-state index is 10.9. The monoisotopic (exact) mass is 327 g/mol. The highest BCUT2D eigenvalue weighted by molar-refractivity contribution is 9.10. The number of hydrogen-bond acceptors (Lipinski definition) is 6. The molecular weight excluding hydrogens is 318 g/mol. The number of nitrogens with one attached hydrogen (secondary N) is 1. The summed E-state index contributed by atoms with van der Waals surface area (Å²) in [5, 5.41) is 17.8. The van der Waals surface area contributed by atoms with Crippen molar-refractivity contribution in [2.75, 3.05) is 12.4 Å². The maximum Gasteiger partial charge on any atom is 0.312 e. The molecule has 2 heterocycles. The molecule has 0 atom stereocenters. The molecule has 0 aliphatic rings. The van der Waals surface area contributed by atoms with Crippen molar-refractivity contribution in [3.63, 3.8) is 0 Å². The van der Waals surface area contributed by atoms with Crippen molar-refractivity contribution in [1.82, 2.24) is 14.8 Å². The third-order valence-electron chi connectivity index (χ3n) is 2.32. The van der Waals surface area contributed by atoms with Gasteiger partial charge in [0.1, 0.15) is 0 Å². The number of nitrogens with zero attached hydrogens (tertiary/aromatic N) is 4. The topological polar surface area (TPSA) is 95.1 Å². The first kappa shape index (κ1) is 13.3. The van der Waals surface area contributed by atoms with Crippen LogP contribution >= 0.6 is 15.9 Å². The Hall–Kier alpha value is -2.16. The summed E-state index contributed by atoms with van der Waals surface area (Å²) in [6, 6.07) is 2.99. The highest BCUT2D eigenvalue weighted by Gasteiger charge is 2.17. The van der Waals surface area contributed by atoms with Crippen molar-refractivity contribution in [2.24, 2.45) is 7.05 Å². The van der Waals surface area contributed by atoms with E-state index < -0.39 is 4.92 Å². The van der Waals surface area contributed by atoms with E-state index in [9.17, 15) is 10.1 Å². The molecule has 0 bridgehead atoms. The van der Waals surface area contributed by atoms with Crippen molar-refractivity contribution < 1.29 is 9.66 Å². The number of ether oxygens (including phenoxy) is 1. The average molecular weight is 328 g/mol. The van der Waals surface area contributed by atoms with Gasteiger partial charge in [-0.05, 0) is 15.9 Å². The summed E-state index contributed by atoms with van der Waals surface area (Å²) >= 11 is 3.14. The van der Waals surface area contributed by atoms with Gasteiger partial charge < -0.3 is 10.1 Å². The van der Waals surface area contributed by atoms with E-state index in [-0.39, 0.29) is 11.5 Å². The van der Waals surface area contributed by atoms with Crippen molar-refractivity contribution >= 4 is 33.3 Å². The van der Waals surface area contributed by atoms with Gasteiger partial charge in [0, 0.05) is 29.8 Å². The van der Waals surface area contributed by atoms with Gasteiger partial charge in [0.2, 0.25) is 11.7 Å². The molecule has 0 aromatic carbocycles. The number of aryl methyl sites for hydroxylation is 1. The van der Waals surface area contributed by atoms with E-state index in [2.05, 4.69) is 31.3 Å². The van der Waals surface area contributed by atoms with Crippen molar-refractivity contribution in [2.45, 2.75) is 0 Å². The molecule has 0 saturated heterocycles. The number of halogens is 1. The lowest BCUT2D eigenvalue weighted by Gasteiger charge is -2.02. The van der Waals surface area contributed by atoms with Crippen LogP contribution in [0.15, 0.2) is 22.8 Å². The molecule has 8 nitrogen and oxygen atoms in total. The number of hydrogen-bond donors (Lipinski definition) is 1. The maximum absolute atomic E-state index is 10.9. The van der Waals surface area contributed by atoms with Crippen molar-refractivity contribution in [1.29, 1.82) is 0 Å². The fraction of sp³-hybridized carbons (Fsp3) is 0.200. The molecule has 2 rings (SSSR count). The van der Waals surface area contributed by atoms with E-state index in [0.717, 1.165) is 0 Å².